The molecule has 0 bridgehead atoms. The van der Waals surface area contributed by atoms with Crippen LogP contribution in [-0.4, -0.2) is 75.2 Å². The van der Waals surface area contributed by atoms with Crippen LogP contribution in [0.25, 0.3) is 0 Å². The summed E-state index contributed by atoms with van der Waals surface area (Å²) >= 11 is 0. The van der Waals surface area contributed by atoms with Gasteiger partial charge in [0.25, 0.3) is 0 Å². The number of esters is 1. The van der Waals surface area contributed by atoms with Crippen molar-refractivity contribution in [1.82, 2.24) is 15.1 Å². The molecule has 0 radical (unpaired) electrons. The summed E-state index contributed by atoms with van der Waals surface area (Å²) in [7, 11) is 3.20. The second-order valence-electron chi connectivity index (χ2n) is 7.98. The van der Waals surface area contributed by atoms with E-state index in [1.807, 2.05) is 12.1 Å². The number of para-hydroxylation sites is 1. The lowest BCUT2D eigenvalue weighted by molar-refractivity contribution is -0.146. The van der Waals surface area contributed by atoms with Crippen molar-refractivity contribution < 1.29 is 14.3 Å². The molecule has 2 heterocycles. The average Bonchev–Trinajstić information content (AvgIpc) is 3.33. The van der Waals surface area contributed by atoms with Crippen molar-refractivity contribution in [3.05, 3.63) is 29.8 Å². The average molecular weight is 544 g/mol. The molecular formula is C23H37IN4O3. The van der Waals surface area contributed by atoms with Gasteiger partial charge in [0.15, 0.2) is 5.96 Å². The molecule has 31 heavy (non-hydrogen) atoms. The number of methoxy groups -OCH3 is 2. The van der Waals surface area contributed by atoms with Gasteiger partial charge in [-0.25, -0.2) is 0 Å². The minimum atomic E-state index is -0.0955. The second kappa shape index (κ2) is 13.1. The van der Waals surface area contributed by atoms with Crippen LogP contribution < -0.4 is 10.1 Å². The molecule has 2 fully saturated rings. The second-order valence-corrected chi connectivity index (χ2v) is 7.98. The summed E-state index contributed by atoms with van der Waals surface area (Å²) in [5.74, 6) is 1.76. The number of benzene rings is 1. The topological polar surface area (TPSA) is 66.4 Å². The van der Waals surface area contributed by atoms with Crippen molar-refractivity contribution in [3.63, 3.8) is 0 Å². The number of halogens is 1. The van der Waals surface area contributed by atoms with Gasteiger partial charge < -0.3 is 19.7 Å². The highest BCUT2D eigenvalue weighted by atomic mass is 127. The van der Waals surface area contributed by atoms with Gasteiger partial charge in [-0.15, -0.1) is 24.0 Å². The monoisotopic (exact) mass is 544 g/mol. The fraction of sp³-hybridized carbons (Fsp3) is 0.652. The lowest BCUT2D eigenvalue weighted by Crippen LogP contribution is -2.47. The summed E-state index contributed by atoms with van der Waals surface area (Å²) in [6.07, 6.45) is 4.07. The van der Waals surface area contributed by atoms with E-state index in [4.69, 9.17) is 14.5 Å². The Morgan fingerprint density at radius 3 is 2.45 bits per heavy atom. The Balaban J connectivity index is 0.00000341. The molecular weight excluding hydrogens is 507 g/mol. The Hall–Kier alpha value is -1.55. The number of likely N-dealkylation sites (tertiary alicyclic amines) is 2. The van der Waals surface area contributed by atoms with E-state index in [0.717, 1.165) is 57.3 Å². The molecule has 0 aromatic heterocycles. The molecule has 2 aliphatic heterocycles. The van der Waals surface area contributed by atoms with E-state index in [1.165, 1.54) is 25.5 Å². The smallest absolute Gasteiger partial charge is 0.308 e. The van der Waals surface area contributed by atoms with Gasteiger partial charge >= 0.3 is 5.97 Å². The maximum Gasteiger partial charge on any atom is 0.308 e. The Labute approximate surface area is 203 Å². The first-order valence-corrected chi connectivity index (χ1v) is 11.2. The van der Waals surface area contributed by atoms with Crippen molar-refractivity contribution in [2.75, 3.05) is 53.5 Å². The van der Waals surface area contributed by atoms with Crippen LogP contribution in [0.2, 0.25) is 0 Å². The first-order chi connectivity index (χ1) is 14.7. The Morgan fingerprint density at radius 1 is 1.16 bits per heavy atom. The van der Waals surface area contributed by atoms with Crippen LogP contribution in [0.15, 0.2) is 29.3 Å². The fourth-order valence-corrected chi connectivity index (χ4v) is 4.50. The van der Waals surface area contributed by atoms with Crippen LogP contribution in [0, 0.1) is 5.92 Å². The highest BCUT2D eigenvalue weighted by Crippen LogP contribution is 2.32. The van der Waals surface area contributed by atoms with Crippen LogP contribution >= 0.6 is 24.0 Å². The molecule has 0 amide bonds. The van der Waals surface area contributed by atoms with Crippen molar-refractivity contribution in [1.29, 1.82) is 0 Å². The molecule has 1 aromatic carbocycles. The third kappa shape index (κ3) is 6.71. The van der Waals surface area contributed by atoms with Gasteiger partial charge in [0.05, 0.1) is 32.7 Å². The Bertz CT molecular complexity index is 717. The molecule has 0 aliphatic carbocycles. The first-order valence-electron chi connectivity index (χ1n) is 11.2. The maximum absolute atomic E-state index is 11.8. The quantitative estimate of drug-likeness (QED) is 0.246. The van der Waals surface area contributed by atoms with Gasteiger partial charge in [0.1, 0.15) is 5.75 Å². The summed E-state index contributed by atoms with van der Waals surface area (Å²) < 4.78 is 10.6. The fourth-order valence-electron chi connectivity index (χ4n) is 4.50. The number of aliphatic imine (C=N–C) groups is 1. The zero-order valence-electron chi connectivity index (χ0n) is 19.0. The highest BCUT2D eigenvalue weighted by Gasteiger charge is 2.29. The van der Waals surface area contributed by atoms with Gasteiger partial charge in [0, 0.05) is 25.2 Å². The summed E-state index contributed by atoms with van der Waals surface area (Å²) in [5, 5.41) is 3.45. The molecule has 1 atom stereocenters. The van der Waals surface area contributed by atoms with E-state index in [2.05, 4.69) is 34.2 Å². The molecule has 1 unspecified atom stereocenters. The molecule has 174 valence electrons. The molecule has 8 heteroatoms. The normalized spacial score (nSPS) is 18.9. The van der Waals surface area contributed by atoms with E-state index in [1.54, 1.807) is 7.11 Å². The molecule has 3 rings (SSSR count). The molecule has 7 nitrogen and oxygen atoms in total. The zero-order chi connectivity index (χ0) is 21.3. The number of rotatable bonds is 7. The molecule has 0 spiro atoms. The number of piperidine rings is 1. The van der Waals surface area contributed by atoms with Crippen LogP contribution in [-0.2, 0) is 9.53 Å². The predicted molar refractivity (Wildman–Crippen MR) is 134 cm³/mol. The van der Waals surface area contributed by atoms with E-state index in [9.17, 15) is 4.79 Å². The molecule has 0 saturated carbocycles. The van der Waals surface area contributed by atoms with Crippen molar-refractivity contribution in [2.24, 2.45) is 10.9 Å². The number of nitrogens with zero attached hydrogens (tertiary/aromatic N) is 3. The Morgan fingerprint density at radius 2 is 1.84 bits per heavy atom. The number of carbonyl (C=O) groups is 1. The molecule has 2 aliphatic rings. The summed E-state index contributed by atoms with van der Waals surface area (Å²) in [5.41, 5.74) is 1.20. The third-order valence-electron chi connectivity index (χ3n) is 6.16. The number of hydrogen-bond donors (Lipinski definition) is 1. The van der Waals surface area contributed by atoms with Gasteiger partial charge in [-0.2, -0.15) is 0 Å². The van der Waals surface area contributed by atoms with Gasteiger partial charge in [-0.05, 0) is 51.8 Å². The lowest BCUT2D eigenvalue weighted by atomic mass is 9.97. The number of nitrogens with one attached hydrogen (secondary N) is 1. The van der Waals surface area contributed by atoms with E-state index < -0.39 is 0 Å². The predicted octanol–water partition coefficient (Wildman–Crippen LogP) is 3.30. The maximum atomic E-state index is 11.8. The lowest BCUT2D eigenvalue weighted by Gasteiger charge is -2.34. The summed E-state index contributed by atoms with van der Waals surface area (Å²) in [6, 6.07) is 8.48. The molecule has 1 aromatic rings. The number of carbonyl (C=O) groups excluding carboxylic acids is 1. The van der Waals surface area contributed by atoms with Gasteiger partial charge in [-0.3, -0.25) is 14.7 Å². The van der Waals surface area contributed by atoms with E-state index >= 15 is 0 Å². The van der Waals surface area contributed by atoms with Gasteiger partial charge in [0.2, 0.25) is 0 Å². The van der Waals surface area contributed by atoms with Crippen LogP contribution in [0.5, 0.6) is 5.75 Å². The number of ether oxygens (including phenoxy) is 2. The van der Waals surface area contributed by atoms with E-state index in [0.29, 0.717) is 6.54 Å². The molecule has 2 saturated heterocycles. The largest absolute Gasteiger partial charge is 0.496 e. The Kier molecular flexibility index (Phi) is 10.9. The van der Waals surface area contributed by atoms with Crippen molar-refractivity contribution in [3.8, 4) is 5.75 Å². The van der Waals surface area contributed by atoms with E-state index in [-0.39, 0.29) is 41.9 Å². The number of hydrogen-bond acceptors (Lipinski definition) is 5. The van der Waals surface area contributed by atoms with Crippen molar-refractivity contribution >= 4 is 35.9 Å². The summed E-state index contributed by atoms with van der Waals surface area (Å²) in [6.45, 7) is 7.41. The van der Waals surface area contributed by atoms with Crippen LogP contribution in [0.3, 0.4) is 0 Å². The first kappa shape index (κ1) is 25.7. The minimum Gasteiger partial charge on any atom is -0.496 e. The third-order valence-corrected chi connectivity index (χ3v) is 6.16. The molecule has 1 N–H and O–H groups in total. The zero-order valence-corrected chi connectivity index (χ0v) is 21.3. The summed E-state index contributed by atoms with van der Waals surface area (Å²) in [4.78, 5) is 21.7. The SMILES string of the molecule is CCNC(=NCC(c1ccccc1OC)N1CCCC1)N1CCC(C(=O)OC)CC1.I. The van der Waals surface area contributed by atoms with Crippen LogP contribution in [0.4, 0.5) is 0 Å². The van der Waals surface area contributed by atoms with Crippen LogP contribution in [0.1, 0.15) is 44.2 Å². The number of guanidine groups is 1. The standard InChI is InChI=1S/C23H36N4O3.HI/c1-4-24-23(27-15-11-18(12-16-27)22(28)30-3)25-17-20(26-13-7-8-14-26)19-9-5-6-10-21(19)29-2;/h5-6,9-10,18,20H,4,7-8,11-17H2,1-3H3,(H,24,25);1H. The highest BCUT2D eigenvalue weighted by molar-refractivity contribution is 14.0. The minimum absolute atomic E-state index is 0. The van der Waals surface area contributed by atoms with Crippen molar-refractivity contribution in [2.45, 2.75) is 38.6 Å². The van der Waals surface area contributed by atoms with Gasteiger partial charge in [-0.1, -0.05) is 18.2 Å².